The van der Waals surface area contributed by atoms with Gasteiger partial charge in [-0.2, -0.15) is 0 Å². The van der Waals surface area contributed by atoms with Crippen LogP contribution in [0.2, 0.25) is 0 Å². The number of ether oxygens (including phenoxy) is 2. The van der Waals surface area contributed by atoms with E-state index in [0.717, 1.165) is 0 Å². The monoisotopic (exact) mass is 228 g/mol. The van der Waals surface area contributed by atoms with Crippen molar-refractivity contribution in [1.29, 1.82) is 0 Å². The molecule has 0 fully saturated rings. The minimum atomic E-state index is -1.05. The van der Waals surface area contributed by atoms with Gasteiger partial charge in [0.05, 0.1) is 13.7 Å². The van der Waals surface area contributed by atoms with Crippen molar-refractivity contribution < 1.29 is 23.8 Å². The molecule has 1 aromatic rings. The fourth-order valence-corrected chi connectivity index (χ4v) is 1.09. The summed E-state index contributed by atoms with van der Waals surface area (Å²) in [6.07, 6.45) is -0.912. The Labute approximate surface area is 92.6 Å². The average Bonchev–Trinajstić information content (AvgIpc) is 2.25. The molecule has 1 rings (SSSR count). The molecule has 1 N–H and O–H groups in total. The molecule has 88 valence electrons. The number of hydrogen-bond acceptors (Lipinski definition) is 3. The third kappa shape index (κ3) is 3.20. The van der Waals surface area contributed by atoms with Crippen LogP contribution in [0.5, 0.6) is 5.75 Å². The molecular formula is C11H13FO4. The number of carbonyl (C=O) groups is 1. The number of carboxylic acids is 1. The van der Waals surface area contributed by atoms with Gasteiger partial charge in [0.15, 0.2) is 17.7 Å². The van der Waals surface area contributed by atoms with Gasteiger partial charge in [-0.15, -0.1) is 0 Å². The number of carboxylic acid groups (broad SMARTS) is 1. The SMILES string of the molecule is COc1ccc(COC(C)C(=O)O)cc1F. The summed E-state index contributed by atoms with van der Waals surface area (Å²) in [5.41, 5.74) is 0.561. The largest absolute Gasteiger partial charge is 0.494 e. The molecule has 0 spiro atoms. The van der Waals surface area contributed by atoms with E-state index in [-0.39, 0.29) is 12.4 Å². The zero-order valence-corrected chi connectivity index (χ0v) is 9.07. The Kier molecular flexibility index (Phi) is 4.25. The molecule has 0 saturated carbocycles. The maximum absolute atomic E-state index is 13.2. The van der Waals surface area contributed by atoms with Crippen molar-refractivity contribution in [1.82, 2.24) is 0 Å². The van der Waals surface area contributed by atoms with Crippen LogP contribution in [0.1, 0.15) is 12.5 Å². The molecule has 1 aromatic carbocycles. The number of benzene rings is 1. The first-order valence-corrected chi connectivity index (χ1v) is 4.71. The summed E-state index contributed by atoms with van der Waals surface area (Å²) in [4.78, 5) is 10.5. The highest BCUT2D eigenvalue weighted by atomic mass is 19.1. The van der Waals surface area contributed by atoms with Crippen LogP contribution >= 0.6 is 0 Å². The van der Waals surface area contributed by atoms with Gasteiger partial charge in [0.1, 0.15) is 0 Å². The van der Waals surface area contributed by atoms with Crippen molar-refractivity contribution in [2.24, 2.45) is 0 Å². The fraction of sp³-hybridized carbons (Fsp3) is 0.364. The summed E-state index contributed by atoms with van der Waals surface area (Å²) >= 11 is 0. The number of halogens is 1. The van der Waals surface area contributed by atoms with Crippen LogP contribution in [-0.2, 0) is 16.1 Å². The molecule has 1 unspecified atom stereocenters. The minimum absolute atomic E-state index is 0.0500. The van der Waals surface area contributed by atoms with Crippen LogP contribution in [0.25, 0.3) is 0 Å². The first-order valence-electron chi connectivity index (χ1n) is 4.71. The van der Waals surface area contributed by atoms with Crippen molar-refractivity contribution in [2.75, 3.05) is 7.11 Å². The number of rotatable bonds is 5. The summed E-state index contributed by atoms with van der Waals surface area (Å²) in [5, 5.41) is 8.58. The normalized spacial score (nSPS) is 12.2. The van der Waals surface area contributed by atoms with Crippen LogP contribution in [0.15, 0.2) is 18.2 Å². The second kappa shape index (κ2) is 5.46. The first kappa shape index (κ1) is 12.4. The van der Waals surface area contributed by atoms with E-state index >= 15 is 0 Å². The molecule has 0 bridgehead atoms. The smallest absolute Gasteiger partial charge is 0.332 e. The van der Waals surface area contributed by atoms with Gasteiger partial charge in [0.25, 0.3) is 0 Å². The number of aliphatic carboxylic acids is 1. The Morgan fingerprint density at radius 2 is 2.25 bits per heavy atom. The zero-order chi connectivity index (χ0) is 12.1. The van der Waals surface area contributed by atoms with Gasteiger partial charge in [-0.25, -0.2) is 9.18 Å². The van der Waals surface area contributed by atoms with Gasteiger partial charge in [0.2, 0.25) is 0 Å². The van der Waals surface area contributed by atoms with Gasteiger partial charge < -0.3 is 14.6 Å². The molecule has 1 atom stereocenters. The molecule has 0 aliphatic rings. The Hall–Kier alpha value is -1.62. The Morgan fingerprint density at radius 1 is 1.56 bits per heavy atom. The molecule has 0 saturated heterocycles. The average molecular weight is 228 g/mol. The van der Waals surface area contributed by atoms with Crippen LogP contribution in [0.4, 0.5) is 4.39 Å². The van der Waals surface area contributed by atoms with Crippen LogP contribution in [-0.4, -0.2) is 24.3 Å². The lowest BCUT2D eigenvalue weighted by atomic mass is 10.2. The minimum Gasteiger partial charge on any atom is -0.494 e. The van der Waals surface area contributed by atoms with E-state index in [1.807, 2.05) is 0 Å². The second-order valence-electron chi connectivity index (χ2n) is 3.26. The highest BCUT2D eigenvalue weighted by Gasteiger charge is 2.11. The summed E-state index contributed by atoms with van der Waals surface area (Å²) in [7, 11) is 1.38. The van der Waals surface area contributed by atoms with Crippen molar-refractivity contribution in [3.05, 3.63) is 29.6 Å². The molecule has 0 aliphatic heterocycles. The van der Waals surface area contributed by atoms with E-state index in [2.05, 4.69) is 0 Å². The molecule has 0 heterocycles. The third-order valence-electron chi connectivity index (χ3n) is 2.06. The van der Waals surface area contributed by atoms with Gasteiger partial charge >= 0.3 is 5.97 Å². The maximum atomic E-state index is 13.2. The van der Waals surface area contributed by atoms with Crippen molar-refractivity contribution in [3.8, 4) is 5.75 Å². The Morgan fingerprint density at radius 3 is 2.75 bits per heavy atom. The van der Waals surface area contributed by atoms with Gasteiger partial charge in [-0.1, -0.05) is 6.07 Å². The molecule has 0 aromatic heterocycles. The molecule has 0 amide bonds. The highest BCUT2D eigenvalue weighted by Crippen LogP contribution is 2.18. The number of hydrogen-bond donors (Lipinski definition) is 1. The summed E-state index contributed by atoms with van der Waals surface area (Å²) in [6.45, 7) is 1.47. The molecular weight excluding hydrogens is 215 g/mol. The molecule has 4 nitrogen and oxygen atoms in total. The van der Waals surface area contributed by atoms with E-state index in [1.54, 1.807) is 6.07 Å². The Balaban J connectivity index is 2.62. The van der Waals surface area contributed by atoms with Crippen LogP contribution in [0, 0.1) is 5.82 Å². The predicted octanol–water partition coefficient (Wildman–Crippen LogP) is 1.82. The first-order chi connectivity index (χ1) is 7.54. The molecule has 0 radical (unpaired) electrons. The van der Waals surface area contributed by atoms with Gasteiger partial charge in [-0.05, 0) is 24.6 Å². The van der Waals surface area contributed by atoms with Gasteiger partial charge in [0, 0.05) is 0 Å². The third-order valence-corrected chi connectivity index (χ3v) is 2.06. The molecule has 16 heavy (non-hydrogen) atoms. The standard InChI is InChI=1S/C11H13FO4/c1-7(11(13)14)16-6-8-3-4-10(15-2)9(12)5-8/h3-5,7H,6H2,1-2H3,(H,13,14). The Bertz CT molecular complexity index is 378. The number of methoxy groups -OCH3 is 1. The van der Waals surface area contributed by atoms with Gasteiger partial charge in [-0.3, -0.25) is 0 Å². The predicted molar refractivity (Wildman–Crippen MR) is 54.8 cm³/mol. The van der Waals surface area contributed by atoms with Crippen LogP contribution < -0.4 is 4.74 Å². The quantitative estimate of drug-likeness (QED) is 0.835. The summed E-state index contributed by atoms with van der Waals surface area (Å²) < 4.78 is 23.0. The maximum Gasteiger partial charge on any atom is 0.332 e. The van der Waals surface area contributed by atoms with E-state index in [9.17, 15) is 9.18 Å². The lowest BCUT2D eigenvalue weighted by molar-refractivity contribution is -0.149. The van der Waals surface area contributed by atoms with E-state index in [1.165, 1.54) is 26.2 Å². The van der Waals surface area contributed by atoms with E-state index < -0.39 is 17.9 Å². The lowest BCUT2D eigenvalue weighted by Crippen LogP contribution is -2.19. The molecule has 5 heteroatoms. The second-order valence-corrected chi connectivity index (χ2v) is 3.26. The molecule has 0 aliphatic carbocycles. The lowest BCUT2D eigenvalue weighted by Gasteiger charge is -2.09. The summed E-state index contributed by atoms with van der Waals surface area (Å²) in [5.74, 6) is -1.39. The van der Waals surface area contributed by atoms with E-state index in [0.29, 0.717) is 5.56 Å². The van der Waals surface area contributed by atoms with Crippen molar-refractivity contribution >= 4 is 5.97 Å². The van der Waals surface area contributed by atoms with E-state index in [4.69, 9.17) is 14.6 Å². The van der Waals surface area contributed by atoms with Crippen molar-refractivity contribution in [3.63, 3.8) is 0 Å². The summed E-state index contributed by atoms with van der Waals surface area (Å²) in [6, 6.07) is 4.35. The zero-order valence-electron chi connectivity index (χ0n) is 9.07. The van der Waals surface area contributed by atoms with Crippen LogP contribution in [0.3, 0.4) is 0 Å². The van der Waals surface area contributed by atoms with Crippen molar-refractivity contribution in [2.45, 2.75) is 19.6 Å². The highest BCUT2D eigenvalue weighted by molar-refractivity contribution is 5.71. The fourth-order valence-electron chi connectivity index (χ4n) is 1.09. The topological polar surface area (TPSA) is 55.8 Å².